The molecule has 0 aliphatic rings. The van der Waals surface area contributed by atoms with Crippen molar-refractivity contribution < 1.29 is 4.74 Å². The van der Waals surface area contributed by atoms with Crippen molar-refractivity contribution in [2.75, 3.05) is 13.2 Å². The molecule has 1 aromatic carbocycles. The number of rotatable bonds is 7. The van der Waals surface area contributed by atoms with Crippen LogP contribution in [0.5, 0.6) is 0 Å². The van der Waals surface area contributed by atoms with E-state index in [4.69, 9.17) is 16.3 Å². The van der Waals surface area contributed by atoms with E-state index >= 15 is 0 Å². The molecular formula is C14H21ClO. The van der Waals surface area contributed by atoms with E-state index in [2.05, 4.69) is 19.1 Å². The standard InChI is InChI=1S/C14H21ClO/c1-3-16-11-7-8-12(2)14(15)13-9-5-4-6-10-13/h4-6,9-10,12,14H,3,7-8,11H2,1-2H3. The highest BCUT2D eigenvalue weighted by Crippen LogP contribution is 2.31. The second kappa shape index (κ2) is 7.70. The molecule has 0 saturated carbocycles. The van der Waals surface area contributed by atoms with Crippen molar-refractivity contribution in [3.63, 3.8) is 0 Å². The summed E-state index contributed by atoms with van der Waals surface area (Å²) in [5.74, 6) is 0.490. The van der Waals surface area contributed by atoms with Gasteiger partial charge in [-0.05, 0) is 31.2 Å². The van der Waals surface area contributed by atoms with Crippen molar-refractivity contribution in [2.45, 2.75) is 32.1 Å². The van der Waals surface area contributed by atoms with Gasteiger partial charge in [-0.15, -0.1) is 11.6 Å². The predicted octanol–water partition coefficient (Wildman–Crippen LogP) is 4.42. The number of ether oxygens (including phenoxy) is 1. The molecule has 0 aliphatic heterocycles. The Morgan fingerprint density at radius 2 is 1.94 bits per heavy atom. The van der Waals surface area contributed by atoms with Crippen LogP contribution < -0.4 is 0 Å². The van der Waals surface area contributed by atoms with Gasteiger partial charge in [0, 0.05) is 13.2 Å². The quantitative estimate of drug-likeness (QED) is 0.507. The third kappa shape index (κ3) is 4.54. The van der Waals surface area contributed by atoms with Crippen LogP contribution in [0.4, 0.5) is 0 Å². The van der Waals surface area contributed by atoms with E-state index in [-0.39, 0.29) is 5.38 Å². The minimum Gasteiger partial charge on any atom is -0.382 e. The number of hydrogen-bond donors (Lipinski definition) is 0. The second-order valence-corrected chi connectivity index (χ2v) is 4.60. The molecule has 2 atom stereocenters. The average molecular weight is 241 g/mol. The number of halogens is 1. The summed E-state index contributed by atoms with van der Waals surface area (Å²) in [5, 5.41) is 0.114. The molecule has 90 valence electrons. The molecule has 0 heterocycles. The molecule has 16 heavy (non-hydrogen) atoms. The minimum atomic E-state index is 0.114. The molecule has 1 nitrogen and oxygen atoms in total. The van der Waals surface area contributed by atoms with Crippen LogP contribution in [0.1, 0.15) is 37.6 Å². The third-order valence-electron chi connectivity index (χ3n) is 2.77. The fraction of sp³-hybridized carbons (Fsp3) is 0.571. The fourth-order valence-corrected chi connectivity index (χ4v) is 2.03. The van der Waals surface area contributed by atoms with Gasteiger partial charge >= 0.3 is 0 Å². The molecule has 0 spiro atoms. The van der Waals surface area contributed by atoms with E-state index in [0.717, 1.165) is 26.1 Å². The fourth-order valence-electron chi connectivity index (χ4n) is 1.76. The largest absolute Gasteiger partial charge is 0.382 e. The summed E-state index contributed by atoms with van der Waals surface area (Å²) < 4.78 is 5.33. The van der Waals surface area contributed by atoms with Gasteiger partial charge in [0.2, 0.25) is 0 Å². The molecule has 0 aromatic heterocycles. The lowest BCUT2D eigenvalue weighted by molar-refractivity contribution is 0.140. The zero-order chi connectivity index (χ0) is 11.8. The Balaban J connectivity index is 2.33. The van der Waals surface area contributed by atoms with Crippen LogP contribution in [0.3, 0.4) is 0 Å². The van der Waals surface area contributed by atoms with Gasteiger partial charge in [-0.3, -0.25) is 0 Å². The minimum absolute atomic E-state index is 0.114. The van der Waals surface area contributed by atoms with Gasteiger partial charge in [0.15, 0.2) is 0 Å². The highest BCUT2D eigenvalue weighted by molar-refractivity contribution is 6.20. The van der Waals surface area contributed by atoms with Crippen molar-refractivity contribution in [3.8, 4) is 0 Å². The molecule has 0 N–H and O–H groups in total. The van der Waals surface area contributed by atoms with Crippen LogP contribution in [0, 0.1) is 5.92 Å². The van der Waals surface area contributed by atoms with Crippen molar-refractivity contribution >= 4 is 11.6 Å². The van der Waals surface area contributed by atoms with Crippen LogP contribution in [-0.2, 0) is 4.74 Å². The van der Waals surface area contributed by atoms with E-state index in [9.17, 15) is 0 Å². The SMILES string of the molecule is CCOCCCC(C)C(Cl)c1ccccc1. The molecule has 2 unspecified atom stereocenters. The predicted molar refractivity (Wildman–Crippen MR) is 69.9 cm³/mol. The maximum atomic E-state index is 6.43. The highest BCUT2D eigenvalue weighted by atomic mass is 35.5. The Kier molecular flexibility index (Phi) is 6.51. The summed E-state index contributed by atoms with van der Waals surface area (Å²) >= 11 is 6.43. The van der Waals surface area contributed by atoms with Gasteiger partial charge in [-0.25, -0.2) is 0 Å². The van der Waals surface area contributed by atoms with Gasteiger partial charge in [-0.2, -0.15) is 0 Å². The molecule has 0 amide bonds. The van der Waals surface area contributed by atoms with Crippen LogP contribution in [0.25, 0.3) is 0 Å². The van der Waals surface area contributed by atoms with Crippen LogP contribution in [-0.4, -0.2) is 13.2 Å². The van der Waals surface area contributed by atoms with Gasteiger partial charge in [-0.1, -0.05) is 37.3 Å². The lowest BCUT2D eigenvalue weighted by atomic mass is 9.96. The summed E-state index contributed by atoms with van der Waals surface area (Å²) in [4.78, 5) is 0. The molecular weight excluding hydrogens is 220 g/mol. The molecule has 2 heteroatoms. The summed E-state index contributed by atoms with van der Waals surface area (Å²) in [6, 6.07) is 10.3. The van der Waals surface area contributed by atoms with E-state index in [1.807, 2.05) is 25.1 Å². The van der Waals surface area contributed by atoms with Gasteiger partial charge in [0.1, 0.15) is 0 Å². The number of benzene rings is 1. The first-order chi connectivity index (χ1) is 7.75. The normalized spacial score (nSPS) is 14.7. The van der Waals surface area contributed by atoms with Gasteiger partial charge in [0.25, 0.3) is 0 Å². The summed E-state index contributed by atoms with van der Waals surface area (Å²) in [6.45, 7) is 5.88. The molecule has 0 bridgehead atoms. The van der Waals surface area contributed by atoms with E-state index in [0.29, 0.717) is 5.92 Å². The third-order valence-corrected chi connectivity index (χ3v) is 3.45. The van der Waals surface area contributed by atoms with Crippen LogP contribution >= 0.6 is 11.6 Å². The maximum Gasteiger partial charge on any atom is 0.0610 e. The topological polar surface area (TPSA) is 9.23 Å². The van der Waals surface area contributed by atoms with Crippen molar-refractivity contribution in [1.82, 2.24) is 0 Å². The molecule has 0 saturated heterocycles. The van der Waals surface area contributed by atoms with E-state index < -0.39 is 0 Å². The summed E-state index contributed by atoms with van der Waals surface area (Å²) in [7, 11) is 0. The average Bonchev–Trinajstić information content (AvgIpc) is 2.34. The Morgan fingerprint density at radius 1 is 1.25 bits per heavy atom. The zero-order valence-electron chi connectivity index (χ0n) is 10.2. The van der Waals surface area contributed by atoms with E-state index in [1.165, 1.54) is 5.56 Å². The highest BCUT2D eigenvalue weighted by Gasteiger charge is 2.15. The Hall–Kier alpha value is -0.530. The van der Waals surface area contributed by atoms with Crippen LogP contribution in [0.2, 0.25) is 0 Å². The van der Waals surface area contributed by atoms with Crippen molar-refractivity contribution in [3.05, 3.63) is 35.9 Å². The Morgan fingerprint density at radius 3 is 2.56 bits per heavy atom. The number of alkyl halides is 1. The molecule has 1 rings (SSSR count). The second-order valence-electron chi connectivity index (χ2n) is 4.13. The lowest BCUT2D eigenvalue weighted by Gasteiger charge is -2.18. The Bertz CT molecular complexity index is 273. The summed E-state index contributed by atoms with van der Waals surface area (Å²) in [5.41, 5.74) is 1.22. The first-order valence-corrected chi connectivity index (χ1v) is 6.46. The van der Waals surface area contributed by atoms with Crippen molar-refractivity contribution in [1.29, 1.82) is 0 Å². The monoisotopic (exact) mass is 240 g/mol. The van der Waals surface area contributed by atoms with Gasteiger partial charge < -0.3 is 4.74 Å². The Labute approximate surface area is 104 Å². The number of hydrogen-bond acceptors (Lipinski definition) is 1. The maximum absolute atomic E-state index is 6.43. The van der Waals surface area contributed by atoms with Gasteiger partial charge in [0.05, 0.1) is 5.38 Å². The van der Waals surface area contributed by atoms with Crippen LogP contribution in [0.15, 0.2) is 30.3 Å². The summed E-state index contributed by atoms with van der Waals surface area (Å²) in [6.07, 6.45) is 2.20. The van der Waals surface area contributed by atoms with E-state index in [1.54, 1.807) is 0 Å². The first-order valence-electron chi connectivity index (χ1n) is 6.02. The molecule has 0 radical (unpaired) electrons. The lowest BCUT2D eigenvalue weighted by Crippen LogP contribution is -2.05. The zero-order valence-corrected chi connectivity index (χ0v) is 10.9. The van der Waals surface area contributed by atoms with Crippen molar-refractivity contribution in [2.24, 2.45) is 5.92 Å². The molecule has 1 aromatic rings. The molecule has 0 fully saturated rings. The smallest absolute Gasteiger partial charge is 0.0610 e. The molecule has 0 aliphatic carbocycles. The first kappa shape index (κ1) is 13.5.